The van der Waals surface area contributed by atoms with E-state index in [1.165, 1.54) is 17.2 Å². The third kappa shape index (κ3) is 4.17. The number of fused-ring (bicyclic) bond motifs is 2. The van der Waals surface area contributed by atoms with Gasteiger partial charge in [0.25, 0.3) is 5.56 Å². The van der Waals surface area contributed by atoms with E-state index in [0.717, 1.165) is 11.1 Å². The van der Waals surface area contributed by atoms with Crippen molar-refractivity contribution in [3.63, 3.8) is 0 Å². The second-order valence-electron chi connectivity index (χ2n) is 9.06. The van der Waals surface area contributed by atoms with Gasteiger partial charge in [-0.05, 0) is 55.7 Å². The van der Waals surface area contributed by atoms with E-state index in [0.29, 0.717) is 35.8 Å². The Morgan fingerprint density at radius 2 is 1.66 bits per heavy atom. The number of pyridine rings is 1. The summed E-state index contributed by atoms with van der Waals surface area (Å²) in [6.45, 7) is 7.02. The summed E-state index contributed by atoms with van der Waals surface area (Å²) in [5.41, 5.74) is 5.53. The number of anilines is 2. The van der Waals surface area contributed by atoms with E-state index in [-0.39, 0.29) is 16.5 Å². The van der Waals surface area contributed by atoms with E-state index >= 15 is 0 Å². The molecule has 9 heteroatoms. The quantitative estimate of drug-likeness (QED) is 0.443. The van der Waals surface area contributed by atoms with Crippen molar-refractivity contribution in [1.82, 2.24) is 9.38 Å². The van der Waals surface area contributed by atoms with Crippen LogP contribution in [-0.2, 0) is 23.1 Å². The van der Waals surface area contributed by atoms with Crippen molar-refractivity contribution in [2.45, 2.75) is 44.8 Å². The molecule has 0 bridgehead atoms. The van der Waals surface area contributed by atoms with Crippen LogP contribution in [0.1, 0.15) is 40.8 Å². The maximum atomic E-state index is 13.4. The highest BCUT2D eigenvalue weighted by Crippen LogP contribution is 2.31. The molecule has 0 spiro atoms. The molecule has 0 saturated carbocycles. The number of primary sulfonamides is 1. The lowest BCUT2D eigenvalue weighted by atomic mass is 10.1. The Bertz CT molecular complexity index is 1600. The molecule has 3 heterocycles. The first-order valence-corrected chi connectivity index (χ1v) is 12.9. The standard InChI is InChI=1S/C26H27N5O3S/c1-16-12-21(18(3)28-22-10-6-7-11-23(22)35(27,33)34)25-29-24(17(2)26(32)31(25)13-16)30-14-19-8-4-5-9-20(19)15-30/h4-13,18,28H,14-15H2,1-3H3,(H2,27,33,34)/t18-/m1/s1. The summed E-state index contributed by atoms with van der Waals surface area (Å²) in [5.74, 6) is 0.661. The van der Waals surface area contributed by atoms with Crippen LogP contribution in [0, 0.1) is 13.8 Å². The molecule has 8 nitrogen and oxygen atoms in total. The molecule has 1 aliphatic heterocycles. The monoisotopic (exact) mass is 489 g/mol. The Kier molecular flexibility index (Phi) is 5.61. The molecule has 2 aromatic heterocycles. The van der Waals surface area contributed by atoms with E-state index in [2.05, 4.69) is 22.3 Å². The highest BCUT2D eigenvalue weighted by Gasteiger charge is 2.25. The molecule has 0 radical (unpaired) electrons. The van der Waals surface area contributed by atoms with E-state index in [4.69, 9.17) is 10.1 Å². The number of hydrogen-bond acceptors (Lipinski definition) is 6. The zero-order chi connectivity index (χ0) is 24.9. The third-order valence-electron chi connectivity index (χ3n) is 6.46. The second kappa shape index (κ2) is 8.51. The van der Waals surface area contributed by atoms with Crippen LogP contribution in [0.25, 0.3) is 5.65 Å². The van der Waals surface area contributed by atoms with Crippen LogP contribution in [0.3, 0.4) is 0 Å². The number of hydrogen-bond donors (Lipinski definition) is 2. The van der Waals surface area contributed by atoms with Gasteiger partial charge in [-0.1, -0.05) is 36.4 Å². The Balaban J connectivity index is 1.61. The summed E-state index contributed by atoms with van der Waals surface area (Å²) in [6.07, 6.45) is 1.79. The zero-order valence-corrected chi connectivity index (χ0v) is 20.6. The SMILES string of the molecule is Cc1cc([C@@H](C)Nc2ccccc2S(N)(=O)=O)c2nc(N3Cc4ccccc4C3)c(C)c(=O)n2c1. The molecule has 1 atom stereocenters. The van der Waals surface area contributed by atoms with Crippen molar-refractivity contribution in [2.24, 2.45) is 5.14 Å². The molecule has 0 saturated heterocycles. The summed E-state index contributed by atoms with van der Waals surface area (Å²) in [7, 11) is -3.91. The number of nitrogens with two attached hydrogens (primary N) is 1. The number of rotatable bonds is 5. The lowest BCUT2D eigenvalue weighted by molar-refractivity contribution is 0.598. The first-order chi connectivity index (χ1) is 16.6. The first-order valence-electron chi connectivity index (χ1n) is 11.4. The van der Waals surface area contributed by atoms with Gasteiger partial charge in [0.05, 0.1) is 17.3 Å². The minimum absolute atomic E-state index is 0.0142. The largest absolute Gasteiger partial charge is 0.377 e. The molecule has 3 N–H and O–H groups in total. The van der Waals surface area contributed by atoms with Crippen molar-refractivity contribution in [2.75, 3.05) is 10.2 Å². The average molecular weight is 490 g/mol. The molecule has 0 fully saturated rings. The van der Waals surface area contributed by atoms with Gasteiger partial charge in [-0.15, -0.1) is 0 Å². The van der Waals surface area contributed by atoms with Gasteiger partial charge in [0.1, 0.15) is 16.4 Å². The number of aryl methyl sites for hydroxylation is 1. The number of para-hydroxylation sites is 1. The van der Waals surface area contributed by atoms with Gasteiger partial charge in [-0.25, -0.2) is 18.5 Å². The van der Waals surface area contributed by atoms with Crippen molar-refractivity contribution in [3.8, 4) is 0 Å². The van der Waals surface area contributed by atoms with E-state index in [1.54, 1.807) is 28.8 Å². The Morgan fingerprint density at radius 1 is 1.03 bits per heavy atom. The lowest BCUT2D eigenvalue weighted by Gasteiger charge is -2.23. The van der Waals surface area contributed by atoms with Crippen LogP contribution in [0.5, 0.6) is 0 Å². The lowest BCUT2D eigenvalue weighted by Crippen LogP contribution is -2.27. The van der Waals surface area contributed by atoms with Crippen molar-refractivity contribution < 1.29 is 8.42 Å². The van der Waals surface area contributed by atoms with E-state index in [1.807, 2.05) is 39.0 Å². The summed E-state index contributed by atoms with van der Waals surface area (Å²) in [6, 6.07) is 16.4. The normalized spacial score (nSPS) is 14.2. The van der Waals surface area contributed by atoms with Gasteiger partial charge in [0.15, 0.2) is 0 Å². The number of nitrogens with zero attached hydrogens (tertiary/aromatic N) is 3. The molecule has 0 aliphatic carbocycles. The van der Waals surface area contributed by atoms with Gasteiger partial charge >= 0.3 is 0 Å². The number of sulfonamides is 1. The van der Waals surface area contributed by atoms with Crippen LogP contribution < -0.4 is 20.9 Å². The van der Waals surface area contributed by atoms with Crippen LogP contribution in [0.15, 0.2) is 70.5 Å². The van der Waals surface area contributed by atoms with Gasteiger partial charge in [-0.3, -0.25) is 9.20 Å². The van der Waals surface area contributed by atoms with Crippen LogP contribution in [-0.4, -0.2) is 17.8 Å². The average Bonchev–Trinajstić information content (AvgIpc) is 3.25. The van der Waals surface area contributed by atoms with Gasteiger partial charge in [0, 0.05) is 24.8 Å². The Morgan fingerprint density at radius 3 is 2.31 bits per heavy atom. The molecular weight excluding hydrogens is 462 g/mol. The fraction of sp³-hybridized carbons (Fsp3) is 0.231. The molecule has 2 aromatic carbocycles. The highest BCUT2D eigenvalue weighted by atomic mass is 32.2. The molecule has 180 valence electrons. The fourth-order valence-electron chi connectivity index (χ4n) is 4.74. The smallest absolute Gasteiger partial charge is 0.262 e. The molecule has 5 rings (SSSR count). The predicted octanol–water partition coefficient (Wildman–Crippen LogP) is 3.65. The maximum absolute atomic E-state index is 13.4. The molecule has 0 unspecified atom stereocenters. The number of aromatic nitrogens is 2. The van der Waals surface area contributed by atoms with Gasteiger partial charge < -0.3 is 10.2 Å². The summed E-state index contributed by atoms with van der Waals surface area (Å²) in [5, 5.41) is 8.68. The third-order valence-corrected chi connectivity index (χ3v) is 7.43. The van der Waals surface area contributed by atoms with Crippen molar-refractivity contribution in [1.29, 1.82) is 0 Å². The maximum Gasteiger partial charge on any atom is 0.262 e. The van der Waals surface area contributed by atoms with Crippen LogP contribution in [0.4, 0.5) is 11.5 Å². The molecule has 1 aliphatic rings. The molecule has 35 heavy (non-hydrogen) atoms. The fourth-order valence-corrected chi connectivity index (χ4v) is 5.44. The summed E-state index contributed by atoms with van der Waals surface area (Å²) in [4.78, 5) is 20.5. The van der Waals surface area contributed by atoms with Gasteiger partial charge in [0.2, 0.25) is 10.0 Å². The zero-order valence-electron chi connectivity index (χ0n) is 19.8. The van der Waals surface area contributed by atoms with Gasteiger partial charge in [-0.2, -0.15) is 0 Å². The highest BCUT2D eigenvalue weighted by molar-refractivity contribution is 7.89. The van der Waals surface area contributed by atoms with Crippen molar-refractivity contribution >= 4 is 27.2 Å². The topological polar surface area (TPSA) is 110 Å². The molecular formula is C26H27N5O3S. The molecule has 0 amide bonds. The van der Waals surface area contributed by atoms with E-state index in [9.17, 15) is 13.2 Å². The summed E-state index contributed by atoms with van der Waals surface area (Å²) < 4.78 is 25.7. The minimum Gasteiger partial charge on any atom is -0.377 e. The van der Waals surface area contributed by atoms with Crippen LogP contribution in [0.2, 0.25) is 0 Å². The predicted molar refractivity (Wildman–Crippen MR) is 137 cm³/mol. The van der Waals surface area contributed by atoms with Crippen molar-refractivity contribution in [3.05, 3.63) is 99.0 Å². The summed E-state index contributed by atoms with van der Waals surface area (Å²) >= 11 is 0. The Hall–Kier alpha value is -3.69. The van der Waals surface area contributed by atoms with E-state index < -0.39 is 10.0 Å². The number of nitrogens with one attached hydrogen (secondary N) is 1. The number of benzene rings is 2. The minimum atomic E-state index is -3.91. The Labute approximate surface area is 204 Å². The molecule has 4 aromatic rings. The van der Waals surface area contributed by atoms with Crippen LogP contribution >= 0.6 is 0 Å². The second-order valence-corrected chi connectivity index (χ2v) is 10.6. The first kappa shape index (κ1) is 23.1.